The zero-order chi connectivity index (χ0) is 35.8. The van der Waals surface area contributed by atoms with E-state index >= 15 is 0 Å². The Balaban J connectivity index is 1.12. The topological polar surface area (TPSA) is 6.48 Å². The average molecular weight is 681 g/mol. The summed E-state index contributed by atoms with van der Waals surface area (Å²) in [6.45, 7) is 9.06. The van der Waals surface area contributed by atoms with Crippen molar-refractivity contribution in [1.82, 2.24) is 0 Å². The Kier molecular flexibility index (Phi) is 7.00. The molecule has 10 rings (SSSR count). The van der Waals surface area contributed by atoms with Crippen LogP contribution >= 0.6 is 0 Å². The van der Waals surface area contributed by atoms with E-state index in [4.69, 9.17) is 0 Å². The van der Waals surface area contributed by atoms with Gasteiger partial charge in [-0.15, -0.1) is 0 Å². The molecule has 0 heterocycles. The summed E-state index contributed by atoms with van der Waals surface area (Å²) in [6, 6.07) is 63.0. The number of anilines is 6. The third-order valence-corrected chi connectivity index (χ3v) is 11.5. The van der Waals surface area contributed by atoms with Crippen molar-refractivity contribution >= 4 is 66.4 Å². The first-order valence-electron chi connectivity index (χ1n) is 18.6. The van der Waals surface area contributed by atoms with Crippen LogP contribution in [0.2, 0.25) is 0 Å². The molecule has 2 nitrogen and oxygen atoms in total. The van der Waals surface area contributed by atoms with E-state index in [0.29, 0.717) is 0 Å². The van der Waals surface area contributed by atoms with Crippen LogP contribution < -0.4 is 9.80 Å². The summed E-state index contributed by atoms with van der Waals surface area (Å²) in [5.41, 5.74) is 14.6. The Morgan fingerprint density at radius 3 is 1.43 bits per heavy atom. The molecule has 0 atom stereocenters. The molecule has 0 N–H and O–H groups in total. The Morgan fingerprint density at radius 2 is 0.849 bits per heavy atom. The quantitative estimate of drug-likeness (QED) is 0.161. The van der Waals surface area contributed by atoms with Gasteiger partial charge in [0.2, 0.25) is 0 Å². The van der Waals surface area contributed by atoms with Crippen molar-refractivity contribution in [1.29, 1.82) is 0 Å². The van der Waals surface area contributed by atoms with Crippen molar-refractivity contribution < 1.29 is 0 Å². The van der Waals surface area contributed by atoms with Crippen LogP contribution in [0.5, 0.6) is 0 Å². The van der Waals surface area contributed by atoms with E-state index in [1.54, 1.807) is 0 Å². The monoisotopic (exact) mass is 680 g/mol. The average Bonchev–Trinajstić information content (AvgIpc) is 3.41. The Hall–Kier alpha value is -6.38. The Labute approximate surface area is 311 Å². The van der Waals surface area contributed by atoms with E-state index in [1.165, 1.54) is 71.4 Å². The molecule has 0 unspecified atom stereocenters. The summed E-state index contributed by atoms with van der Waals surface area (Å²) in [6.07, 6.45) is 0. The van der Waals surface area contributed by atoms with Crippen LogP contribution in [0, 0.1) is 13.8 Å². The highest BCUT2D eigenvalue weighted by Crippen LogP contribution is 2.53. The van der Waals surface area contributed by atoms with Crippen LogP contribution in [0.15, 0.2) is 170 Å². The second-order valence-corrected chi connectivity index (χ2v) is 15.2. The van der Waals surface area contributed by atoms with Crippen LogP contribution in [0.1, 0.15) is 36.1 Å². The molecule has 0 radical (unpaired) electrons. The first-order chi connectivity index (χ1) is 25.8. The molecule has 1 aliphatic rings. The van der Waals surface area contributed by atoms with Gasteiger partial charge in [-0.25, -0.2) is 0 Å². The molecule has 0 fully saturated rings. The van der Waals surface area contributed by atoms with Crippen LogP contribution in [-0.4, -0.2) is 0 Å². The maximum Gasteiger partial charge on any atom is 0.0540 e. The number of para-hydroxylation sites is 1. The molecule has 9 aromatic rings. The van der Waals surface area contributed by atoms with Gasteiger partial charge in [0.05, 0.1) is 5.69 Å². The Bertz CT molecular complexity index is 2750. The van der Waals surface area contributed by atoms with Gasteiger partial charge in [0.1, 0.15) is 0 Å². The van der Waals surface area contributed by atoms with Gasteiger partial charge in [-0.1, -0.05) is 128 Å². The van der Waals surface area contributed by atoms with E-state index < -0.39 is 0 Å². The van der Waals surface area contributed by atoms with Gasteiger partial charge in [-0.2, -0.15) is 0 Å². The van der Waals surface area contributed by atoms with E-state index in [-0.39, 0.29) is 5.41 Å². The summed E-state index contributed by atoms with van der Waals surface area (Å²) in [5.74, 6) is 0. The molecular weight excluding hydrogens is 641 g/mol. The standard InChI is InChI=1S/C51H40N2/c1-33-13-21-39(22-14-33)52(40-23-15-34(2)16-24-40)41-25-28-43-44-29-26-42(32-47(44)51(3,4)46(43)31-41)53(38-11-6-5-7-12-38)48-30-20-37-18-17-35-9-8-10-36-19-27-45(48)50(37)49(35)36/h5-32H,1-4H3. The molecule has 9 aromatic carbocycles. The van der Waals surface area contributed by atoms with Gasteiger partial charge < -0.3 is 9.80 Å². The smallest absolute Gasteiger partial charge is 0.0540 e. The normalized spacial score (nSPS) is 13.1. The predicted molar refractivity (Wildman–Crippen MR) is 227 cm³/mol. The largest absolute Gasteiger partial charge is 0.310 e. The minimum Gasteiger partial charge on any atom is -0.310 e. The van der Waals surface area contributed by atoms with Crippen LogP contribution in [0.3, 0.4) is 0 Å². The van der Waals surface area contributed by atoms with Crippen LogP contribution in [0.25, 0.3) is 43.4 Å². The first kappa shape index (κ1) is 31.4. The third kappa shape index (κ3) is 4.94. The number of hydrogen-bond acceptors (Lipinski definition) is 2. The molecule has 0 aliphatic heterocycles. The van der Waals surface area contributed by atoms with E-state index in [1.807, 2.05) is 0 Å². The summed E-state index contributed by atoms with van der Waals surface area (Å²) in [7, 11) is 0. The van der Waals surface area contributed by atoms with Gasteiger partial charge in [-0.3, -0.25) is 0 Å². The predicted octanol–water partition coefficient (Wildman–Crippen LogP) is 14.4. The highest BCUT2D eigenvalue weighted by atomic mass is 15.1. The highest BCUT2D eigenvalue weighted by Gasteiger charge is 2.37. The maximum absolute atomic E-state index is 2.45. The fraction of sp³-hybridized carbons (Fsp3) is 0.0980. The molecule has 0 aromatic heterocycles. The van der Waals surface area contributed by atoms with Gasteiger partial charge in [0.25, 0.3) is 0 Å². The van der Waals surface area contributed by atoms with Gasteiger partial charge in [0, 0.05) is 39.2 Å². The molecule has 0 bridgehead atoms. The number of benzene rings is 9. The fourth-order valence-electron chi connectivity index (χ4n) is 8.75. The van der Waals surface area contributed by atoms with Crippen molar-refractivity contribution in [2.75, 3.05) is 9.80 Å². The van der Waals surface area contributed by atoms with Crippen LogP contribution in [0.4, 0.5) is 34.1 Å². The lowest BCUT2D eigenvalue weighted by molar-refractivity contribution is 0.660. The minimum atomic E-state index is -0.214. The summed E-state index contributed by atoms with van der Waals surface area (Å²) < 4.78 is 0. The lowest BCUT2D eigenvalue weighted by Crippen LogP contribution is -2.17. The van der Waals surface area contributed by atoms with Gasteiger partial charge in [0.15, 0.2) is 0 Å². The summed E-state index contributed by atoms with van der Waals surface area (Å²) in [4.78, 5) is 4.84. The lowest BCUT2D eigenvalue weighted by atomic mass is 9.82. The number of hydrogen-bond donors (Lipinski definition) is 0. The molecule has 1 aliphatic carbocycles. The van der Waals surface area contributed by atoms with Crippen molar-refractivity contribution in [2.45, 2.75) is 33.1 Å². The van der Waals surface area contributed by atoms with E-state index in [2.05, 4.69) is 207 Å². The molecule has 254 valence electrons. The molecular formula is C51H40N2. The van der Waals surface area contributed by atoms with Crippen LogP contribution in [-0.2, 0) is 5.41 Å². The second kappa shape index (κ2) is 11.8. The molecule has 2 heteroatoms. The van der Waals surface area contributed by atoms with Gasteiger partial charge >= 0.3 is 0 Å². The van der Waals surface area contributed by atoms with E-state index in [9.17, 15) is 0 Å². The third-order valence-electron chi connectivity index (χ3n) is 11.5. The number of rotatable bonds is 6. The Morgan fingerprint density at radius 1 is 0.377 bits per heavy atom. The number of nitrogens with zero attached hydrogens (tertiary/aromatic N) is 2. The molecule has 0 spiro atoms. The molecule has 53 heavy (non-hydrogen) atoms. The summed E-state index contributed by atoms with van der Waals surface area (Å²) in [5, 5.41) is 7.76. The zero-order valence-electron chi connectivity index (χ0n) is 30.6. The van der Waals surface area contributed by atoms with Crippen molar-refractivity contribution in [2.24, 2.45) is 0 Å². The summed E-state index contributed by atoms with van der Waals surface area (Å²) >= 11 is 0. The lowest BCUT2D eigenvalue weighted by Gasteiger charge is -2.30. The molecule has 0 saturated heterocycles. The number of fused-ring (bicyclic) bond motifs is 3. The maximum atomic E-state index is 2.45. The molecule has 0 saturated carbocycles. The van der Waals surface area contributed by atoms with Crippen molar-refractivity contribution in [3.63, 3.8) is 0 Å². The zero-order valence-corrected chi connectivity index (χ0v) is 30.6. The van der Waals surface area contributed by atoms with E-state index in [0.717, 1.165) is 28.4 Å². The first-order valence-corrected chi connectivity index (χ1v) is 18.6. The molecule has 0 amide bonds. The van der Waals surface area contributed by atoms with Crippen molar-refractivity contribution in [3.8, 4) is 11.1 Å². The fourth-order valence-corrected chi connectivity index (χ4v) is 8.75. The second-order valence-electron chi connectivity index (χ2n) is 15.2. The van der Waals surface area contributed by atoms with Crippen molar-refractivity contribution in [3.05, 3.63) is 192 Å². The highest BCUT2D eigenvalue weighted by molar-refractivity contribution is 6.25. The SMILES string of the molecule is Cc1ccc(N(c2ccc(C)cc2)c2ccc3c(c2)C(C)(C)c2cc(N(c4ccccc4)c4ccc5ccc6cccc7ccc4c5c67)ccc2-3)cc1. The van der Waals surface area contributed by atoms with Gasteiger partial charge in [-0.05, 0) is 130 Å². The number of aryl methyl sites for hydroxylation is 2. The minimum absolute atomic E-state index is 0.214.